The van der Waals surface area contributed by atoms with E-state index in [1.54, 1.807) is 0 Å². The number of esters is 1. The summed E-state index contributed by atoms with van der Waals surface area (Å²) in [6, 6.07) is 0. The number of unbranched alkanes of at least 4 members (excludes halogenated alkanes) is 9. The molecular weight excluding hydrogens is 328 g/mol. The Morgan fingerprint density at radius 3 is 1.96 bits per heavy atom. The minimum absolute atomic E-state index is 0.0645. The van der Waals surface area contributed by atoms with Crippen LogP contribution in [0.5, 0.6) is 0 Å². The lowest BCUT2D eigenvalue weighted by molar-refractivity contribution is -0.143. The van der Waals surface area contributed by atoms with Crippen molar-refractivity contribution in [1.29, 1.82) is 0 Å². The third-order valence-electron chi connectivity index (χ3n) is 4.21. The van der Waals surface area contributed by atoms with Gasteiger partial charge in [-0.05, 0) is 45.4 Å². The standard InChI is InChI=1S/C21H40N2O3/c1-2-26-21(25)17-15-13-11-9-7-5-3-4-6-8-10-12-14-16-20(24)23-19-18-22/h3-4H,2,5-19,22H2,1H3,(H,23,24)/b4-3+. The van der Waals surface area contributed by atoms with E-state index in [4.69, 9.17) is 10.5 Å². The highest BCUT2D eigenvalue weighted by atomic mass is 16.5. The summed E-state index contributed by atoms with van der Waals surface area (Å²) in [4.78, 5) is 22.6. The normalized spacial score (nSPS) is 11.0. The first-order valence-electron chi connectivity index (χ1n) is 10.5. The van der Waals surface area contributed by atoms with Gasteiger partial charge in [0.15, 0.2) is 0 Å². The maximum atomic E-state index is 11.4. The largest absolute Gasteiger partial charge is 0.466 e. The number of carbonyl (C=O) groups excluding carboxylic acids is 2. The van der Waals surface area contributed by atoms with Gasteiger partial charge in [0.1, 0.15) is 0 Å². The van der Waals surface area contributed by atoms with Gasteiger partial charge in [-0.25, -0.2) is 0 Å². The first-order chi connectivity index (χ1) is 12.7. The van der Waals surface area contributed by atoms with Gasteiger partial charge in [-0.3, -0.25) is 9.59 Å². The minimum atomic E-state index is -0.0645. The number of allylic oxidation sites excluding steroid dienone is 2. The number of rotatable bonds is 18. The fourth-order valence-corrected chi connectivity index (χ4v) is 2.73. The molecule has 0 fully saturated rings. The van der Waals surface area contributed by atoms with E-state index < -0.39 is 0 Å². The van der Waals surface area contributed by atoms with E-state index in [1.807, 2.05) is 6.92 Å². The molecule has 26 heavy (non-hydrogen) atoms. The molecule has 3 N–H and O–H groups in total. The molecule has 0 saturated carbocycles. The molecule has 152 valence electrons. The highest BCUT2D eigenvalue weighted by Gasteiger charge is 2.00. The lowest BCUT2D eigenvalue weighted by Crippen LogP contribution is -2.28. The topological polar surface area (TPSA) is 81.4 Å². The van der Waals surface area contributed by atoms with Gasteiger partial charge in [-0.15, -0.1) is 0 Å². The van der Waals surface area contributed by atoms with Crippen molar-refractivity contribution in [1.82, 2.24) is 5.32 Å². The predicted octanol–water partition coefficient (Wildman–Crippen LogP) is 4.25. The van der Waals surface area contributed by atoms with Gasteiger partial charge in [-0.2, -0.15) is 0 Å². The number of hydrogen-bond donors (Lipinski definition) is 2. The number of nitrogens with two attached hydrogens (primary N) is 1. The smallest absolute Gasteiger partial charge is 0.305 e. The van der Waals surface area contributed by atoms with E-state index >= 15 is 0 Å². The zero-order valence-corrected chi connectivity index (χ0v) is 16.8. The van der Waals surface area contributed by atoms with Crippen molar-refractivity contribution < 1.29 is 14.3 Å². The van der Waals surface area contributed by atoms with Gasteiger partial charge in [0.2, 0.25) is 5.91 Å². The summed E-state index contributed by atoms with van der Waals surface area (Å²) < 4.78 is 4.91. The Morgan fingerprint density at radius 1 is 0.846 bits per heavy atom. The van der Waals surface area contributed by atoms with Crippen LogP contribution in [0.1, 0.15) is 90.4 Å². The maximum Gasteiger partial charge on any atom is 0.305 e. The number of ether oxygens (including phenoxy) is 1. The molecule has 0 unspecified atom stereocenters. The molecule has 0 aliphatic heterocycles. The van der Waals surface area contributed by atoms with Crippen molar-refractivity contribution >= 4 is 11.9 Å². The molecule has 0 aliphatic carbocycles. The van der Waals surface area contributed by atoms with Crippen LogP contribution >= 0.6 is 0 Å². The third-order valence-corrected chi connectivity index (χ3v) is 4.21. The molecule has 0 aromatic rings. The van der Waals surface area contributed by atoms with Crippen molar-refractivity contribution in [2.24, 2.45) is 5.73 Å². The second-order valence-corrected chi connectivity index (χ2v) is 6.67. The Morgan fingerprint density at radius 2 is 1.38 bits per heavy atom. The molecule has 0 aromatic heterocycles. The van der Waals surface area contributed by atoms with Gasteiger partial charge in [-0.1, -0.05) is 44.3 Å². The highest BCUT2D eigenvalue weighted by Crippen LogP contribution is 2.09. The fourth-order valence-electron chi connectivity index (χ4n) is 2.73. The van der Waals surface area contributed by atoms with Crippen molar-refractivity contribution in [3.8, 4) is 0 Å². The average molecular weight is 369 g/mol. The Bertz CT molecular complexity index is 370. The Labute approximate surface area is 160 Å². The molecule has 1 amide bonds. The number of amides is 1. The van der Waals surface area contributed by atoms with Crippen molar-refractivity contribution in [3.05, 3.63) is 12.2 Å². The first-order valence-corrected chi connectivity index (χ1v) is 10.5. The summed E-state index contributed by atoms with van der Waals surface area (Å²) >= 11 is 0. The molecule has 0 radical (unpaired) electrons. The van der Waals surface area contributed by atoms with Crippen LogP contribution in [0.25, 0.3) is 0 Å². The van der Waals surface area contributed by atoms with E-state index in [0.29, 0.717) is 32.5 Å². The molecule has 0 spiro atoms. The minimum Gasteiger partial charge on any atom is -0.466 e. The lowest BCUT2D eigenvalue weighted by Gasteiger charge is -2.03. The zero-order valence-electron chi connectivity index (χ0n) is 16.8. The van der Waals surface area contributed by atoms with Crippen molar-refractivity contribution in [3.63, 3.8) is 0 Å². The van der Waals surface area contributed by atoms with E-state index in [0.717, 1.165) is 38.5 Å². The van der Waals surface area contributed by atoms with Gasteiger partial charge in [0.05, 0.1) is 6.61 Å². The maximum absolute atomic E-state index is 11.4. The number of nitrogens with one attached hydrogen (secondary N) is 1. The summed E-state index contributed by atoms with van der Waals surface area (Å²) in [7, 11) is 0. The molecule has 0 aromatic carbocycles. The summed E-state index contributed by atoms with van der Waals surface area (Å²) in [6.07, 6.45) is 18.3. The van der Waals surface area contributed by atoms with Crippen molar-refractivity contribution in [2.45, 2.75) is 90.4 Å². The SMILES string of the molecule is CCOC(=O)CCCCCCC/C=C/CCCCCCC(=O)NCCN. The average Bonchev–Trinajstić information content (AvgIpc) is 2.63. The van der Waals surface area contributed by atoms with Crippen LogP contribution in [0, 0.1) is 0 Å². The Balaban J connectivity index is 3.22. The molecule has 0 aliphatic rings. The molecule has 5 nitrogen and oxygen atoms in total. The quantitative estimate of drug-likeness (QED) is 0.215. The van der Waals surface area contributed by atoms with Crippen molar-refractivity contribution in [2.75, 3.05) is 19.7 Å². The van der Waals surface area contributed by atoms with Crippen LogP contribution in [-0.2, 0) is 14.3 Å². The second kappa shape index (κ2) is 20.0. The molecule has 0 heterocycles. The first kappa shape index (κ1) is 24.6. The Hall–Kier alpha value is -1.36. The number of hydrogen-bond acceptors (Lipinski definition) is 4. The fraction of sp³-hybridized carbons (Fsp3) is 0.810. The second-order valence-electron chi connectivity index (χ2n) is 6.67. The van der Waals surface area contributed by atoms with E-state index in [-0.39, 0.29) is 11.9 Å². The Kier molecular flexibility index (Phi) is 18.9. The van der Waals surface area contributed by atoms with Crippen LogP contribution in [0.4, 0.5) is 0 Å². The lowest BCUT2D eigenvalue weighted by atomic mass is 10.1. The molecule has 5 heteroatoms. The monoisotopic (exact) mass is 368 g/mol. The third kappa shape index (κ3) is 19.0. The van der Waals surface area contributed by atoms with Crippen LogP contribution < -0.4 is 11.1 Å². The van der Waals surface area contributed by atoms with Crippen LogP contribution in [-0.4, -0.2) is 31.6 Å². The van der Waals surface area contributed by atoms with Crippen LogP contribution in [0.15, 0.2) is 12.2 Å². The van der Waals surface area contributed by atoms with Gasteiger partial charge >= 0.3 is 5.97 Å². The van der Waals surface area contributed by atoms with E-state index in [9.17, 15) is 9.59 Å². The van der Waals surface area contributed by atoms with E-state index in [1.165, 1.54) is 32.1 Å². The van der Waals surface area contributed by atoms with Crippen LogP contribution in [0.3, 0.4) is 0 Å². The number of carbonyl (C=O) groups is 2. The predicted molar refractivity (Wildman–Crippen MR) is 108 cm³/mol. The summed E-state index contributed by atoms with van der Waals surface area (Å²) in [5.74, 6) is 0.0570. The molecule has 0 saturated heterocycles. The summed E-state index contributed by atoms with van der Waals surface area (Å²) in [5, 5.41) is 2.79. The molecular formula is C21H40N2O3. The molecule has 0 bridgehead atoms. The molecule has 0 atom stereocenters. The van der Waals surface area contributed by atoms with Gasteiger partial charge in [0.25, 0.3) is 0 Å². The summed E-state index contributed by atoms with van der Waals surface area (Å²) in [5.41, 5.74) is 5.34. The van der Waals surface area contributed by atoms with E-state index in [2.05, 4.69) is 17.5 Å². The highest BCUT2D eigenvalue weighted by molar-refractivity contribution is 5.75. The van der Waals surface area contributed by atoms with Crippen LogP contribution in [0.2, 0.25) is 0 Å². The molecule has 0 rings (SSSR count). The van der Waals surface area contributed by atoms with Gasteiger partial charge < -0.3 is 15.8 Å². The summed E-state index contributed by atoms with van der Waals surface area (Å²) in [6.45, 7) is 3.42. The zero-order chi connectivity index (χ0) is 19.3. The van der Waals surface area contributed by atoms with Gasteiger partial charge in [0, 0.05) is 25.9 Å².